The third-order valence-electron chi connectivity index (χ3n) is 3.65. The molecule has 4 aromatic rings. The van der Waals surface area contributed by atoms with Gasteiger partial charge in [-0.05, 0) is 30.3 Å². The van der Waals surface area contributed by atoms with Gasteiger partial charge in [0.05, 0.1) is 15.9 Å². The van der Waals surface area contributed by atoms with Crippen LogP contribution in [0.15, 0.2) is 60.8 Å². The van der Waals surface area contributed by atoms with Gasteiger partial charge in [0.25, 0.3) is 5.91 Å². The second-order valence-electron chi connectivity index (χ2n) is 5.36. The van der Waals surface area contributed by atoms with Gasteiger partial charge < -0.3 is 5.32 Å². The van der Waals surface area contributed by atoms with E-state index in [4.69, 9.17) is 0 Å². The first kappa shape index (κ1) is 14.6. The van der Waals surface area contributed by atoms with Gasteiger partial charge in [-0.2, -0.15) is 5.10 Å². The van der Waals surface area contributed by atoms with Crippen molar-refractivity contribution < 1.29 is 4.79 Å². The van der Waals surface area contributed by atoms with Gasteiger partial charge in [-0.1, -0.05) is 24.3 Å². The van der Waals surface area contributed by atoms with Crippen LogP contribution in [0, 0.1) is 0 Å². The highest BCUT2D eigenvalue weighted by Gasteiger charge is 2.14. The molecule has 0 bridgehead atoms. The number of hydrogen-bond acceptors (Lipinski definition) is 4. The number of carbonyl (C=O) groups is 1. The zero-order chi connectivity index (χ0) is 16.5. The minimum absolute atomic E-state index is 0.232. The molecule has 0 saturated carbocycles. The van der Waals surface area contributed by atoms with Gasteiger partial charge in [0.2, 0.25) is 0 Å². The van der Waals surface area contributed by atoms with Crippen LogP contribution in [-0.2, 0) is 7.05 Å². The van der Waals surface area contributed by atoms with E-state index in [9.17, 15) is 4.79 Å². The van der Waals surface area contributed by atoms with E-state index in [0.717, 1.165) is 26.5 Å². The van der Waals surface area contributed by atoms with Crippen LogP contribution in [0.3, 0.4) is 0 Å². The predicted octanol–water partition coefficient (Wildman–Crippen LogP) is 3.95. The van der Waals surface area contributed by atoms with Crippen molar-refractivity contribution in [2.75, 3.05) is 5.32 Å². The summed E-state index contributed by atoms with van der Waals surface area (Å²) in [6.07, 6.45) is 1.74. The van der Waals surface area contributed by atoms with E-state index in [1.807, 2.05) is 48.5 Å². The van der Waals surface area contributed by atoms with E-state index in [0.29, 0.717) is 5.69 Å². The van der Waals surface area contributed by atoms with Crippen molar-refractivity contribution in [3.05, 3.63) is 66.5 Å². The monoisotopic (exact) mass is 334 g/mol. The summed E-state index contributed by atoms with van der Waals surface area (Å²) in [5.41, 5.74) is 2.98. The Hall–Kier alpha value is -2.99. The number of aromatic nitrogens is 3. The molecular weight excluding hydrogens is 320 g/mol. The number of benzene rings is 2. The molecule has 0 saturated heterocycles. The first-order valence-electron chi connectivity index (χ1n) is 7.47. The third-order valence-corrected chi connectivity index (χ3v) is 4.72. The lowest BCUT2D eigenvalue weighted by Crippen LogP contribution is -2.13. The van der Waals surface area contributed by atoms with Crippen LogP contribution in [0.1, 0.15) is 10.5 Å². The lowest BCUT2D eigenvalue weighted by Gasteiger charge is -2.08. The molecule has 6 heteroatoms. The number of rotatable bonds is 3. The average Bonchev–Trinajstić information content (AvgIpc) is 3.21. The highest BCUT2D eigenvalue weighted by molar-refractivity contribution is 7.21. The number of thiazole rings is 1. The maximum atomic E-state index is 12.4. The Labute approximate surface area is 142 Å². The standard InChI is InChI=1S/C18H14N4OS/c1-22-11-10-15(21-22)17(23)19-13-7-3-2-6-12(13)18-20-14-8-4-5-9-16(14)24-18/h2-11H,1H3,(H,19,23). The molecule has 0 unspecified atom stereocenters. The molecule has 0 fully saturated rings. The highest BCUT2D eigenvalue weighted by Crippen LogP contribution is 2.34. The number of aryl methyl sites for hydroxylation is 1. The molecule has 2 aromatic heterocycles. The van der Waals surface area contributed by atoms with E-state index in [2.05, 4.69) is 15.4 Å². The van der Waals surface area contributed by atoms with Crippen molar-refractivity contribution >= 4 is 33.1 Å². The normalized spacial score (nSPS) is 10.9. The SMILES string of the molecule is Cn1ccc(C(=O)Nc2ccccc2-c2nc3ccccc3s2)n1. The van der Waals surface area contributed by atoms with Crippen LogP contribution in [0.2, 0.25) is 0 Å². The van der Waals surface area contributed by atoms with Crippen LogP contribution in [0.5, 0.6) is 0 Å². The number of para-hydroxylation sites is 2. The molecule has 1 amide bonds. The molecule has 0 radical (unpaired) electrons. The van der Waals surface area contributed by atoms with Crippen molar-refractivity contribution in [2.45, 2.75) is 0 Å². The smallest absolute Gasteiger partial charge is 0.276 e. The quantitative estimate of drug-likeness (QED) is 0.617. The number of carbonyl (C=O) groups excluding carboxylic acids is 1. The van der Waals surface area contributed by atoms with E-state index in [-0.39, 0.29) is 5.91 Å². The fourth-order valence-corrected chi connectivity index (χ4v) is 3.49. The van der Waals surface area contributed by atoms with Crippen molar-refractivity contribution in [2.24, 2.45) is 7.05 Å². The Bertz CT molecular complexity index is 1000. The minimum atomic E-state index is -0.232. The summed E-state index contributed by atoms with van der Waals surface area (Å²) in [6.45, 7) is 0. The largest absolute Gasteiger partial charge is 0.320 e. The van der Waals surface area contributed by atoms with Crippen LogP contribution in [0.4, 0.5) is 5.69 Å². The Balaban J connectivity index is 1.71. The molecule has 24 heavy (non-hydrogen) atoms. The highest BCUT2D eigenvalue weighted by atomic mass is 32.1. The predicted molar refractivity (Wildman–Crippen MR) is 96.2 cm³/mol. The molecule has 0 aliphatic heterocycles. The summed E-state index contributed by atoms with van der Waals surface area (Å²) in [7, 11) is 1.78. The Kier molecular flexibility index (Phi) is 3.59. The summed E-state index contributed by atoms with van der Waals surface area (Å²) in [5, 5.41) is 7.95. The van der Waals surface area contributed by atoms with Gasteiger partial charge >= 0.3 is 0 Å². The zero-order valence-corrected chi connectivity index (χ0v) is 13.7. The molecule has 1 N–H and O–H groups in total. The number of nitrogens with one attached hydrogen (secondary N) is 1. The van der Waals surface area contributed by atoms with E-state index in [1.165, 1.54) is 0 Å². The molecule has 0 aliphatic rings. The van der Waals surface area contributed by atoms with Crippen molar-refractivity contribution in [3.8, 4) is 10.6 Å². The molecule has 118 valence electrons. The summed E-state index contributed by atoms with van der Waals surface area (Å²) in [4.78, 5) is 17.1. The second kappa shape index (κ2) is 5.90. The molecule has 0 atom stereocenters. The lowest BCUT2D eigenvalue weighted by molar-refractivity contribution is 0.102. The summed E-state index contributed by atoms with van der Waals surface area (Å²) in [6, 6.07) is 17.4. The van der Waals surface area contributed by atoms with Gasteiger partial charge in [-0.15, -0.1) is 11.3 Å². The van der Waals surface area contributed by atoms with Gasteiger partial charge in [0.15, 0.2) is 5.69 Å². The topological polar surface area (TPSA) is 59.8 Å². The fraction of sp³-hybridized carbons (Fsp3) is 0.0556. The molecule has 2 heterocycles. The summed E-state index contributed by atoms with van der Waals surface area (Å²) in [5.74, 6) is -0.232. The minimum Gasteiger partial charge on any atom is -0.320 e. The first-order chi connectivity index (χ1) is 11.7. The Morgan fingerprint density at radius 1 is 1.08 bits per heavy atom. The van der Waals surface area contributed by atoms with E-state index in [1.54, 1.807) is 35.3 Å². The molecule has 5 nitrogen and oxygen atoms in total. The van der Waals surface area contributed by atoms with Gasteiger partial charge in [0, 0.05) is 18.8 Å². The Morgan fingerprint density at radius 3 is 2.67 bits per heavy atom. The molecular formula is C18H14N4OS. The van der Waals surface area contributed by atoms with Gasteiger partial charge in [-0.25, -0.2) is 4.98 Å². The molecule has 2 aromatic carbocycles. The third kappa shape index (κ3) is 2.68. The van der Waals surface area contributed by atoms with Crippen LogP contribution >= 0.6 is 11.3 Å². The molecule has 0 aliphatic carbocycles. The van der Waals surface area contributed by atoms with Gasteiger partial charge in [-0.3, -0.25) is 9.48 Å². The summed E-state index contributed by atoms with van der Waals surface area (Å²) < 4.78 is 2.73. The second-order valence-corrected chi connectivity index (χ2v) is 6.39. The molecule has 4 rings (SSSR count). The van der Waals surface area contributed by atoms with E-state index < -0.39 is 0 Å². The van der Waals surface area contributed by atoms with Crippen LogP contribution in [-0.4, -0.2) is 20.7 Å². The zero-order valence-electron chi connectivity index (χ0n) is 12.9. The van der Waals surface area contributed by atoms with Crippen molar-refractivity contribution in [1.82, 2.24) is 14.8 Å². The van der Waals surface area contributed by atoms with Crippen LogP contribution < -0.4 is 5.32 Å². The first-order valence-corrected chi connectivity index (χ1v) is 8.28. The fourth-order valence-electron chi connectivity index (χ4n) is 2.49. The van der Waals surface area contributed by atoms with Crippen LogP contribution in [0.25, 0.3) is 20.8 Å². The maximum absolute atomic E-state index is 12.4. The summed E-state index contributed by atoms with van der Waals surface area (Å²) >= 11 is 1.61. The van der Waals surface area contributed by atoms with E-state index >= 15 is 0 Å². The maximum Gasteiger partial charge on any atom is 0.276 e. The van der Waals surface area contributed by atoms with Gasteiger partial charge in [0.1, 0.15) is 5.01 Å². The number of hydrogen-bond donors (Lipinski definition) is 1. The van der Waals surface area contributed by atoms with Crippen molar-refractivity contribution in [1.29, 1.82) is 0 Å². The lowest BCUT2D eigenvalue weighted by atomic mass is 10.2. The number of amides is 1. The number of nitrogens with zero attached hydrogens (tertiary/aromatic N) is 3. The Morgan fingerprint density at radius 2 is 1.88 bits per heavy atom. The van der Waals surface area contributed by atoms with Crippen molar-refractivity contribution in [3.63, 3.8) is 0 Å². The average molecular weight is 334 g/mol. The molecule has 0 spiro atoms. The number of anilines is 1. The number of fused-ring (bicyclic) bond motifs is 1.